The van der Waals surface area contributed by atoms with E-state index in [9.17, 15) is 27.6 Å². The average molecular weight is 766 g/mol. The van der Waals surface area contributed by atoms with E-state index in [1.54, 1.807) is 19.3 Å². The summed E-state index contributed by atoms with van der Waals surface area (Å²) in [7, 11) is -2.29. The van der Waals surface area contributed by atoms with E-state index in [1.807, 2.05) is 32.9 Å². The predicted octanol–water partition coefficient (Wildman–Crippen LogP) is 4.39. The first-order valence-electron chi connectivity index (χ1n) is 19.1. The highest BCUT2D eigenvalue weighted by atomic mass is 32.2. The van der Waals surface area contributed by atoms with Crippen LogP contribution in [0.15, 0.2) is 30.9 Å². The number of Topliss-reactive ketones (excluding diaryl/α,β-unsaturated/α-hetero) is 1. The Hall–Kier alpha value is -4.27. The summed E-state index contributed by atoms with van der Waals surface area (Å²) in [5.41, 5.74) is -0.142. The van der Waals surface area contributed by atoms with E-state index in [2.05, 4.69) is 16.6 Å². The first kappa shape index (κ1) is 38.0. The van der Waals surface area contributed by atoms with Crippen molar-refractivity contribution in [3.8, 4) is 11.6 Å². The number of benzene rings is 1. The molecule has 54 heavy (non-hydrogen) atoms. The number of methoxy groups -OCH3 is 1. The summed E-state index contributed by atoms with van der Waals surface area (Å²) in [4.78, 5) is 67.1. The minimum Gasteiger partial charge on any atom is -0.497 e. The van der Waals surface area contributed by atoms with E-state index in [0.29, 0.717) is 47.6 Å². The van der Waals surface area contributed by atoms with Gasteiger partial charge in [0, 0.05) is 18.9 Å². The van der Waals surface area contributed by atoms with Crippen LogP contribution < -0.4 is 19.5 Å². The van der Waals surface area contributed by atoms with Crippen LogP contribution >= 0.6 is 0 Å². The minimum atomic E-state index is -3.86. The monoisotopic (exact) mass is 765 g/mol. The maximum atomic E-state index is 14.6. The molecule has 4 fully saturated rings. The third kappa shape index (κ3) is 7.92. The lowest BCUT2D eigenvalue weighted by Crippen LogP contribution is -2.57. The molecule has 5 aliphatic rings. The van der Waals surface area contributed by atoms with Gasteiger partial charge >= 0.3 is 6.09 Å². The summed E-state index contributed by atoms with van der Waals surface area (Å²) in [5, 5.41) is 2.20. The molecule has 14 nitrogen and oxygen atoms in total. The van der Waals surface area contributed by atoms with Crippen molar-refractivity contribution in [1.29, 1.82) is 0 Å². The number of sulfonamides is 1. The Labute approximate surface area is 316 Å². The molecule has 1 aromatic heterocycles. The zero-order chi connectivity index (χ0) is 38.6. The summed E-state index contributed by atoms with van der Waals surface area (Å²) in [6, 6.07) is 3.36. The van der Waals surface area contributed by atoms with Crippen LogP contribution in [0, 0.1) is 22.7 Å². The smallest absolute Gasteiger partial charge is 0.408 e. The van der Waals surface area contributed by atoms with Gasteiger partial charge < -0.3 is 24.4 Å². The Morgan fingerprint density at radius 1 is 1.09 bits per heavy atom. The largest absolute Gasteiger partial charge is 0.497 e. The number of hydrogen-bond acceptors (Lipinski definition) is 11. The fourth-order valence-corrected chi connectivity index (χ4v) is 9.37. The van der Waals surface area contributed by atoms with Gasteiger partial charge in [-0.3, -0.25) is 19.1 Å². The fourth-order valence-electron chi connectivity index (χ4n) is 7.98. The van der Waals surface area contributed by atoms with Crippen molar-refractivity contribution in [3.63, 3.8) is 0 Å². The first-order chi connectivity index (χ1) is 25.6. The van der Waals surface area contributed by atoms with E-state index < -0.39 is 73.9 Å². The zero-order valence-corrected chi connectivity index (χ0v) is 32.3. The molecule has 3 amide bonds. The molecule has 2 N–H and O–H groups in total. The quantitative estimate of drug-likeness (QED) is 0.364. The minimum absolute atomic E-state index is 0.000652. The second kappa shape index (κ2) is 14.4. The van der Waals surface area contributed by atoms with Gasteiger partial charge in [-0.15, -0.1) is 6.58 Å². The lowest BCUT2D eigenvalue weighted by Gasteiger charge is -2.35. The highest BCUT2D eigenvalue weighted by Crippen LogP contribution is 2.57. The van der Waals surface area contributed by atoms with Gasteiger partial charge in [0.05, 0.1) is 41.4 Å². The van der Waals surface area contributed by atoms with Crippen LogP contribution in [0.1, 0.15) is 90.7 Å². The molecule has 15 heteroatoms. The number of ketones is 1. The number of amides is 3. The number of ether oxygens (including phenoxy) is 3. The van der Waals surface area contributed by atoms with Crippen molar-refractivity contribution in [3.05, 3.63) is 36.5 Å². The molecule has 0 radical (unpaired) electrons. The number of carbonyl (C=O) groups is 4. The van der Waals surface area contributed by atoms with Gasteiger partial charge in [-0.2, -0.15) is 0 Å². The molecule has 7 atom stereocenters. The summed E-state index contributed by atoms with van der Waals surface area (Å²) in [5.74, 6) is -0.844. The van der Waals surface area contributed by atoms with E-state index in [-0.39, 0.29) is 37.8 Å². The normalized spacial score (nSPS) is 30.3. The van der Waals surface area contributed by atoms with Crippen LogP contribution in [0.4, 0.5) is 4.79 Å². The Morgan fingerprint density at radius 3 is 2.56 bits per heavy atom. The Bertz CT molecular complexity index is 1960. The number of aromatic nitrogens is 2. The number of alkyl carbamates (subject to hydrolysis) is 1. The Morgan fingerprint density at radius 2 is 1.87 bits per heavy atom. The van der Waals surface area contributed by atoms with Crippen molar-refractivity contribution in [2.24, 2.45) is 22.7 Å². The standard InChI is InChI=1S/C39H51N5O9S/c1-6-23-19-39(23,36(47)43-54(49,50)26-13-14-26)20-31(45)30-18-25-21-44(30)35(46)33(38(2,3)4)42-37(48)53-32-16-22(32)10-8-7-9-11-28-34(52-25)41-29-17-24(51-5)12-15-27(29)40-28/h6,12,15,17,22-23,25-26,30,32-33H,1,7-11,13-14,16,18-21H2,2-5H3,(H,42,48)(H,43,47)/t22-,23+,25?,30+,32-,33-,39-/m1/s1. The SMILES string of the molecule is C=C[C@H]1C[C@]1(CC(=O)[C@@H]1CC2CN1C(=O)[C@H](C(C)(C)C)NC(=O)O[C@@H]1C[C@H]1CCCCCc1nc3ccc(OC)cc3nc1O2)C(=O)NS(=O)(=O)C1CC1. The number of aryl methyl sites for hydroxylation is 1. The lowest BCUT2D eigenvalue weighted by atomic mass is 9.85. The number of fused-ring (bicyclic) bond motifs is 5. The number of nitrogens with zero attached hydrogens (tertiary/aromatic N) is 3. The molecule has 3 heterocycles. The van der Waals surface area contributed by atoms with E-state index in [1.165, 1.54) is 4.90 Å². The van der Waals surface area contributed by atoms with E-state index >= 15 is 0 Å². The van der Waals surface area contributed by atoms with Crippen molar-refractivity contribution in [2.45, 2.75) is 121 Å². The van der Waals surface area contributed by atoms with Crippen molar-refractivity contribution < 1.29 is 41.8 Å². The molecule has 3 aliphatic carbocycles. The number of rotatable bonds is 8. The van der Waals surface area contributed by atoms with Gasteiger partial charge in [-0.25, -0.2) is 23.2 Å². The number of carbonyl (C=O) groups excluding carboxylic acids is 4. The third-order valence-corrected chi connectivity index (χ3v) is 13.5. The maximum Gasteiger partial charge on any atom is 0.408 e. The van der Waals surface area contributed by atoms with Crippen molar-refractivity contribution >= 4 is 44.7 Å². The molecule has 2 aliphatic heterocycles. The molecular formula is C39H51N5O9S. The molecule has 0 spiro atoms. The molecule has 2 bridgehead atoms. The number of allylic oxidation sites excluding steroid dienone is 1. The summed E-state index contributed by atoms with van der Waals surface area (Å²) in [6.45, 7) is 9.30. The van der Waals surface area contributed by atoms with Gasteiger partial charge in [0.15, 0.2) is 5.78 Å². The number of nitrogens with one attached hydrogen (secondary N) is 2. The Kier molecular flexibility index (Phi) is 10.2. The zero-order valence-electron chi connectivity index (χ0n) is 31.5. The van der Waals surface area contributed by atoms with Gasteiger partial charge in [0.1, 0.15) is 29.7 Å². The number of hydrogen-bond donors (Lipinski definition) is 2. The van der Waals surface area contributed by atoms with Crippen LogP contribution in [0.3, 0.4) is 0 Å². The molecule has 292 valence electrons. The highest BCUT2D eigenvalue weighted by Gasteiger charge is 2.61. The second-order valence-corrected chi connectivity index (χ2v) is 18.8. The van der Waals surface area contributed by atoms with E-state index in [0.717, 1.165) is 32.1 Å². The predicted molar refractivity (Wildman–Crippen MR) is 198 cm³/mol. The van der Waals surface area contributed by atoms with Gasteiger partial charge in [0.2, 0.25) is 27.7 Å². The molecule has 2 aromatic rings. The summed E-state index contributed by atoms with van der Waals surface area (Å²) in [6.07, 6.45) is 6.03. The van der Waals surface area contributed by atoms with Crippen LogP contribution in [0.5, 0.6) is 11.6 Å². The molecule has 3 saturated carbocycles. The van der Waals surface area contributed by atoms with Crippen LogP contribution in [-0.2, 0) is 35.6 Å². The molecule has 1 saturated heterocycles. The van der Waals surface area contributed by atoms with Crippen LogP contribution in [-0.4, -0.2) is 90.2 Å². The topological polar surface area (TPSA) is 183 Å². The third-order valence-electron chi connectivity index (χ3n) is 11.6. The highest BCUT2D eigenvalue weighted by molar-refractivity contribution is 7.90. The molecule has 7 rings (SSSR count). The van der Waals surface area contributed by atoms with Gasteiger partial charge in [-0.1, -0.05) is 39.7 Å². The van der Waals surface area contributed by atoms with Gasteiger partial charge in [-0.05, 0) is 74.3 Å². The molecular weight excluding hydrogens is 715 g/mol. The van der Waals surface area contributed by atoms with Crippen LogP contribution in [0.2, 0.25) is 0 Å². The first-order valence-corrected chi connectivity index (χ1v) is 20.7. The van der Waals surface area contributed by atoms with Crippen molar-refractivity contribution in [2.75, 3.05) is 13.7 Å². The summed E-state index contributed by atoms with van der Waals surface area (Å²) < 4.78 is 45.5. The second-order valence-electron chi connectivity index (χ2n) is 16.8. The van der Waals surface area contributed by atoms with Crippen molar-refractivity contribution in [1.82, 2.24) is 24.9 Å². The fraction of sp³-hybridized carbons (Fsp3) is 0.641. The summed E-state index contributed by atoms with van der Waals surface area (Å²) >= 11 is 0. The molecule has 1 aromatic carbocycles. The molecule has 1 unspecified atom stereocenters. The van der Waals surface area contributed by atoms with Gasteiger partial charge in [0.25, 0.3) is 0 Å². The van der Waals surface area contributed by atoms with E-state index in [4.69, 9.17) is 24.2 Å². The van der Waals surface area contributed by atoms with Crippen LogP contribution in [0.25, 0.3) is 11.0 Å². The maximum absolute atomic E-state index is 14.6. The lowest BCUT2D eigenvalue weighted by molar-refractivity contribution is -0.142. The Balaban J connectivity index is 1.22. The average Bonchev–Trinajstić information content (AvgIpc) is 4.04.